The van der Waals surface area contributed by atoms with E-state index in [0.29, 0.717) is 0 Å². The van der Waals surface area contributed by atoms with Crippen molar-refractivity contribution in [3.63, 3.8) is 0 Å². The average molecular weight is 219 g/mol. The topological polar surface area (TPSA) is 99.0 Å². The van der Waals surface area contributed by atoms with Crippen LogP contribution in [0, 0.1) is 0 Å². The number of carbonyl (C=O) groups excluding carboxylic acids is 1. The van der Waals surface area contributed by atoms with Crippen molar-refractivity contribution in [3.8, 4) is 0 Å². The maximum atomic E-state index is 10.9. The molecule has 0 aromatic carbocycles. The number of nitrogens with one attached hydrogen (secondary N) is 1. The fourth-order valence-corrected chi connectivity index (χ4v) is 1.72. The molecule has 0 aromatic heterocycles. The van der Waals surface area contributed by atoms with Crippen LogP contribution in [0.25, 0.3) is 0 Å². The van der Waals surface area contributed by atoms with Crippen LogP contribution in [0.5, 0.6) is 0 Å². The van der Waals surface area contributed by atoms with Gasteiger partial charge in [0.05, 0.1) is 18.8 Å². The van der Waals surface area contributed by atoms with Crippen LogP contribution in [-0.4, -0.2) is 58.3 Å². The van der Waals surface area contributed by atoms with Gasteiger partial charge < -0.3 is 25.4 Å². The van der Waals surface area contributed by atoms with Crippen LogP contribution < -0.4 is 5.32 Å². The molecule has 15 heavy (non-hydrogen) atoms. The lowest BCUT2D eigenvalue weighted by Gasteiger charge is -2.41. The van der Waals surface area contributed by atoms with E-state index in [0.717, 1.165) is 0 Å². The van der Waals surface area contributed by atoms with Gasteiger partial charge in [-0.05, 0) is 6.92 Å². The van der Waals surface area contributed by atoms with Gasteiger partial charge in [-0.15, -0.1) is 0 Å². The first-order valence-corrected chi connectivity index (χ1v) is 4.87. The maximum Gasteiger partial charge on any atom is 0.217 e. The minimum absolute atomic E-state index is 0.320. The first-order chi connectivity index (χ1) is 6.97. The van der Waals surface area contributed by atoms with Gasteiger partial charge in [-0.25, -0.2) is 0 Å². The Morgan fingerprint density at radius 1 is 1.40 bits per heavy atom. The molecule has 1 amide bonds. The van der Waals surface area contributed by atoms with Crippen molar-refractivity contribution in [1.29, 1.82) is 0 Å². The van der Waals surface area contributed by atoms with E-state index in [2.05, 4.69) is 5.32 Å². The summed E-state index contributed by atoms with van der Waals surface area (Å²) in [7, 11) is 0. The molecular formula is C9H17NO5. The second-order valence-electron chi connectivity index (χ2n) is 3.77. The molecule has 88 valence electrons. The Morgan fingerprint density at radius 2 is 2.00 bits per heavy atom. The molecule has 5 atom stereocenters. The summed E-state index contributed by atoms with van der Waals surface area (Å²) in [5.74, 6) is -0.345. The first-order valence-electron chi connectivity index (χ1n) is 4.87. The van der Waals surface area contributed by atoms with Gasteiger partial charge in [0.15, 0.2) is 0 Å². The number of hydrogen-bond donors (Lipinski definition) is 4. The number of ether oxygens (including phenoxy) is 1. The van der Waals surface area contributed by atoms with Gasteiger partial charge in [0.25, 0.3) is 0 Å². The SMILES string of the molecule is CC(=O)N[C@@H]1[C@@H](O)[C@@H](O)[C@@H](C)O[C@@H]1CO. The second-order valence-corrected chi connectivity index (χ2v) is 3.77. The van der Waals surface area contributed by atoms with Gasteiger partial charge in [-0.1, -0.05) is 0 Å². The van der Waals surface area contributed by atoms with Crippen molar-refractivity contribution in [2.45, 2.75) is 44.3 Å². The summed E-state index contributed by atoms with van der Waals surface area (Å²) in [6.07, 6.45) is -3.45. The number of aliphatic hydroxyl groups excluding tert-OH is 3. The van der Waals surface area contributed by atoms with E-state index < -0.39 is 30.5 Å². The molecule has 0 aliphatic carbocycles. The predicted molar refractivity (Wildman–Crippen MR) is 51.0 cm³/mol. The fourth-order valence-electron chi connectivity index (χ4n) is 1.72. The van der Waals surface area contributed by atoms with Gasteiger partial charge >= 0.3 is 0 Å². The van der Waals surface area contributed by atoms with Crippen molar-refractivity contribution < 1.29 is 24.9 Å². The van der Waals surface area contributed by atoms with E-state index in [1.807, 2.05) is 0 Å². The molecule has 0 saturated carbocycles. The number of hydrogen-bond acceptors (Lipinski definition) is 5. The van der Waals surface area contributed by atoms with Crippen LogP contribution in [0.4, 0.5) is 0 Å². The van der Waals surface area contributed by atoms with E-state index in [-0.39, 0.29) is 12.5 Å². The molecule has 1 rings (SSSR count). The highest BCUT2D eigenvalue weighted by molar-refractivity contribution is 5.73. The molecule has 1 fully saturated rings. The Bertz CT molecular complexity index is 233. The fraction of sp³-hybridized carbons (Fsp3) is 0.889. The van der Waals surface area contributed by atoms with Gasteiger partial charge in [0.1, 0.15) is 18.3 Å². The number of amides is 1. The van der Waals surface area contributed by atoms with E-state index in [4.69, 9.17) is 9.84 Å². The third kappa shape index (κ3) is 2.66. The van der Waals surface area contributed by atoms with Crippen LogP contribution in [0.3, 0.4) is 0 Å². The smallest absolute Gasteiger partial charge is 0.217 e. The molecule has 0 aromatic rings. The summed E-state index contributed by atoms with van der Waals surface area (Å²) in [4.78, 5) is 10.9. The van der Waals surface area contributed by atoms with Crippen LogP contribution in [0.1, 0.15) is 13.8 Å². The number of carbonyl (C=O) groups is 1. The van der Waals surface area contributed by atoms with E-state index >= 15 is 0 Å². The number of rotatable bonds is 2. The summed E-state index contributed by atoms with van der Waals surface area (Å²) in [5.41, 5.74) is 0. The molecule has 0 radical (unpaired) electrons. The Kier molecular flexibility index (Phi) is 4.04. The van der Waals surface area contributed by atoms with Gasteiger partial charge in [-0.3, -0.25) is 4.79 Å². The summed E-state index contributed by atoms with van der Waals surface area (Å²) in [5, 5.41) is 30.7. The molecule has 4 N–H and O–H groups in total. The Morgan fingerprint density at radius 3 is 2.47 bits per heavy atom. The third-order valence-electron chi connectivity index (χ3n) is 2.54. The monoisotopic (exact) mass is 219 g/mol. The molecule has 1 heterocycles. The lowest BCUT2D eigenvalue weighted by atomic mass is 9.93. The van der Waals surface area contributed by atoms with Crippen molar-refractivity contribution in [1.82, 2.24) is 5.32 Å². The zero-order valence-corrected chi connectivity index (χ0v) is 8.75. The summed E-state index contributed by atoms with van der Waals surface area (Å²) < 4.78 is 5.26. The van der Waals surface area contributed by atoms with Gasteiger partial charge in [-0.2, -0.15) is 0 Å². The molecule has 1 aliphatic rings. The summed E-state index contributed by atoms with van der Waals surface area (Å²) >= 11 is 0. The summed E-state index contributed by atoms with van der Waals surface area (Å²) in [6.45, 7) is 2.57. The van der Waals surface area contributed by atoms with E-state index in [9.17, 15) is 15.0 Å². The zero-order valence-electron chi connectivity index (χ0n) is 8.75. The van der Waals surface area contributed by atoms with Gasteiger partial charge in [0, 0.05) is 6.92 Å². The Balaban J connectivity index is 2.75. The highest BCUT2D eigenvalue weighted by Gasteiger charge is 2.42. The minimum Gasteiger partial charge on any atom is -0.394 e. The number of aliphatic hydroxyl groups is 3. The van der Waals surface area contributed by atoms with Crippen LogP contribution in [0.15, 0.2) is 0 Å². The average Bonchev–Trinajstić information content (AvgIpc) is 2.18. The lowest BCUT2D eigenvalue weighted by molar-refractivity contribution is -0.188. The second kappa shape index (κ2) is 4.89. The molecule has 0 unspecified atom stereocenters. The first kappa shape index (κ1) is 12.4. The quantitative estimate of drug-likeness (QED) is 0.430. The predicted octanol–water partition coefficient (Wildman–Crippen LogP) is -2.01. The van der Waals surface area contributed by atoms with Crippen LogP contribution >= 0.6 is 0 Å². The highest BCUT2D eigenvalue weighted by Crippen LogP contribution is 2.20. The molecule has 1 saturated heterocycles. The Hall–Kier alpha value is -0.690. The van der Waals surface area contributed by atoms with Crippen molar-refractivity contribution in [2.75, 3.05) is 6.61 Å². The summed E-state index contributed by atoms with van der Waals surface area (Å²) in [6, 6.07) is -0.779. The van der Waals surface area contributed by atoms with E-state index in [1.54, 1.807) is 6.92 Å². The molecule has 6 heteroatoms. The molecular weight excluding hydrogens is 202 g/mol. The Labute approximate surface area is 87.9 Å². The molecule has 6 nitrogen and oxygen atoms in total. The molecule has 0 bridgehead atoms. The van der Waals surface area contributed by atoms with E-state index in [1.165, 1.54) is 6.92 Å². The van der Waals surface area contributed by atoms with Crippen molar-refractivity contribution in [3.05, 3.63) is 0 Å². The molecule has 0 spiro atoms. The minimum atomic E-state index is -1.13. The van der Waals surface area contributed by atoms with Gasteiger partial charge in [0.2, 0.25) is 5.91 Å². The zero-order chi connectivity index (χ0) is 11.6. The largest absolute Gasteiger partial charge is 0.394 e. The normalized spacial score (nSPS) is 41.3. The van der Waals surface area contributed by atoms with Crippen molar-refractivity contribution in [2.24, 2.45) is 0 Å². The lowest BCUT2D eigenvalue weighted by Crippen LogP contribution is -2.63. The standard InChI is InChI=1S/C9H17NO5/c1-4-8(13)9(14)7(10-5(2)12)6(3-11)15-4/h4,6-9,11,13-14H,3H2,1-2H3,(H,10,12)/t4-,6-,7+,8+,9-/m1/s1. The van der Waals surface area contributed by atoms with Crippen LogP contribution in [-0.2, 0) is 9.53 Å². The van der Waals surface area contributed by atoms with Crippen LogP contribution in [0.2, 0.25) is 0 Å². The molecule has 1 aliphatic heterocycles. The van der Waals surface area contributed by atoms with Crippen molar-refractivity contribution >= 4 is 5.91 Å². The third-order valence-corrected chi connectivity index (χ3v) is 2.54. The highest BCUT2D eigenvalue weighted by atomic mass is 16.5. The maximum absolute atomic E-state index is 10.9.